The maximum Gasteiger partial charge on any atom is 0.140 e. The van der Waals surface area contributed by atoms with Crippen LogP contribution in [0.4, 0.5) is 4.39 Å². The van der Waals surface area contributed by atoms with E-state index in [0.29, 0.717) is 6.54 Å². The third-order valence-electron chi connectivity index (χ3n) is 4.08. The van der Waals surface area contributed by atoms with Crippen LogP contribution in [0.5, 0.6) is 0 Å². The van der Waals surface area contributed by atoms with E-state index in [-0.39, 0.29) is 11.6 Å². The van der Waals surface area contributed by atoms with E-state index >= 15 is 0 Å². The molecule has 2 aromatic rings. The van der Waals surface area contributed by atoms with Crippen molar-refractivity contribution >= 4 is 0 Å². The second-order valence-electron chi connectivity index (χ2n) is 5.42. The van der Waals surface area contributed by atoms with E-state index in [2.05, 4.69) is 10.4 Å². The summed E-state index contributed by atoms with van der Waals surface area (Å²) < 4.78 is 15.3. The number of aromatic nitrogens is 2. The molecular formula is C16H17FN4. The lowest BCUT2D eigenvalue weighted by atomic mass is 9.93. The van der Waals surface area contributed by atoms with Gasteiger partial charge in [0.2, 0.25) is 0 Å². The minimum atomic E-state index is -0.464. The van der Waals surface area contributed by atoms with Crippen molar-refractivity contribution in [1.82, 2.24) is 15.1 Å². The Morgan fingerprint density at radius 2 is 2.38 bits per heavy atom. The number of halogens is 1. The molecule has 0 aliphatic heterocycles. The number of benzene rings is 1. The fraction of sp³-hybridized carbons (Fsp3) is 0.375. The Labute approximate surface area is 123 Å². The minimum absolute atomic E-state index is 0.0972. The topological polar surface area (TPSA) is 53.6 Å². The molecule has 0 bridgehead atoms. The number of hydrogen-bond donors (Lipinski definition) is 1. The number of aryl methyl sites for hydroxylation is 1. The van der Waals surface area contributed by atoms with Gasteiger partial charge >= 0.3 is 0 Å². The molecule has 5 heteroatoms. The zero-order valence-electron chi connectivity index (χ0n) is 11.9. The van der Waals surface area contributed by atoms with Crippen LogP contribution in [0.2, 0.25) is 0 Å². The quantitative estimate of drug-likeness (QED) is 0.942. The molecule has 1 aliphatic rings. The first kappa shape index (κ1) is 13.8. The molecule has 1 unspecified atom stereocenters. The molecule has 1 aromatic carbocycles. The predicted octanol–water partition coefficient (Wildman–Crippen LogP) is 2.60. The van der Waals surface area contributed by atoms with E-state index in [0.717, 1.165) is 24.8 Å². The third-order valence-corrected chi connectivity index (χ3v) is 4.08. The first-order chi connectivity index (χ1) is 10.2. The predicted molar refractivity (Wildman–Crippen MR) is 76.8 cm³/mol. The highest BCUT2D eigenvalue weighted by molar-refractivity contribution is 5.34. The Kier molecular flexibility index (Phi) is 3.72. The van der Waals surface area contributed by atoms with E-state index in [1.807, 2.05) is 24.0 Å². The minimum Gasteiger partial charge on any atom is -0.306 e. The summed E-state index contributed by atoms with van der Waals surface area (Å²) in [6, 6.07) is 6.83. The summed E-state index contributed by atoms with van der Waals surface area (Å²) in [5.74, 6) is -0.464. The van der Waals surface area contributed by atoms with E-state index in [1.165, 1.54) is 17.3 Å². The number of nitriles is 1. The normalized spacial score (nSPS) is 17.3. The van der Waals surface area contributed by atoms with Crippen molar-refractivity contribution in [2.75, 3.05) is 0 Å². The smallest absolute Gasteiger partial charge is 0.140 e. The van der Waals surface area contributed by atoms with Gasteiger partial charge in [-0.1, -0.05) is 6.07 Å². The summed E-state index contributed by atoms with van der Waals surface area (Å²) >= 11 is 0. The molecule has 1 aliphatic carbocycles. The summed E-state index contributed by atoms with van der Waals surface area (Å²) in [5, 5.41) is 16.7. The molecule has 0 radical (unpaired) electrons. The van der Waals surface area contributed by atoms with Gasteiger partial charge in [0.15, 0.2) is 0 Å². The molecule has 1 aromatic heterocycles. The highest BCUT2D eigenvalue weighted by Crippen LogP contribution is 2.29. The number of rotatable bonds is 3. The van der Waals surface area contributed by atoms with Gasteiger partial charge in [0.25, 0.3) is 0 Å². The van der Waals surface area contributed by atoms with Crippen LogP contribution in [0, 0.1) is 17.1 Å². The van der Waals surface area contributed by atoms with Crippen LogP contribution in [-0.2, 0) is 20.0 Å². The molecule has 1 N–H and O–H groups in total. The lowest BCUT2D eigenvalue weighted by Gasteiger charge is -2.24. The Balaban J connectivity index is 1.73. The van der Waals surface area contributed by atoms with E-state index in [9.17, 15) is 4.39 Å². The van der Waals surface area contributed by atoms with Crippen LogP contribution < -0.4 is 5.32 Å². The maximum absolute atomic E-state index is 13.3. The first-order valence-electron chi connectivity index (χ1n) is 7.11. The molecule has 108 valence electrons. The highest BCUT2D eigenvalue weighted by Gasteiger charge is 2.22. The molecule has 3 rings (SSSR count). The van der Waals surface area contributed by atoms with Gasteiger partial charge in [-0.05, 0) is 37.0 Å². The third kappa shape index (κ3) is 2.67. The van der Waals surface area contributed by atoms with Crippen LogP contribution in [0.15, 0.2) is 24.4 Å². The van der Waals surface area contributed by atoms with Gasteiger partial charge in [-0.15, -0.1) is 0 Å². The molecular weight excluding hydrogens is 267 g/mol. The van der Waals surface area contributed by atoms with Gasteiger partial charge in [0.1, 0.15) is 11.9 Å². The molecule has 4 nitrogen and oxygen atoms in total. The summed E-state index contributed by atoms with van der Waals surface area (Å²) in [7, 11) is 1.97. The summed E-state index contributed by atoms with van der Waals surface area (Å²) in [4.78, 5) is 0. The Bertz CT molecular complexity index is 699. The van der Waals surface area contributed by atoms with Gasteiger partial charge in [0, 0.05) is 30.9 Å². The number of nitrogens with zero attached hydrogens (tertiary/aromatic N) is 3. The van der Waals surface area contributed by atoms with Crippen LogP contribution in [0.3, 0.4) is 0 Å². The SMILES string of the molecule is Cn1ncc2c1CCCC2NCc1ccc(F)c(C#N)c1. The Hall–Kier alpha value is -2.19. The van der Waals surface area contributed by atoms with Crippen LogP contribution in [0.1, 0.15) is 41.3 Å². The number of nitrogens with one attached hydrogen (secondary N) is 1. The summed E-state index contributed by atoms with van der Waals surface area (Å²) in [6.07, 6.45) is 5.21. The van der Waals surface area contributed by atoms with Gasteiger partial charge in [-0.25, -0.2) is 4.39 Å². The lowest BCUT2D eigenvalue weighted by molar-refractivity contribution is 0.451. The Morgan fingerprint density at radius 3 is 3.19 bits per heavy atom. The van der Waals surface area contributed by atoms with Crippen molar-refractivity contribution in [3.8, 4) is 6.07 Å². The van der Waals surface area contributed by atoms with Gasteiger partial charge in [0.05, 0.1) is 11.8 Å². The van der Waals surface area contributed by atoms with Gasteiger partial charge in [-0.2, -0.15) is 10.4 Å². The Morgan fingerprint density at radius 1 is 1.52 bits per heavy atom. The molecule has 0 fully saturated rings. The number of fused-ring (bicyclic) bond motifs is 1. The summed E-state index contributed by atoms with van der Waals surface area (Å²) in [5.41, 5.74) is 3.56. The largest absolute Gasteiger partial charge is 0.306 e. The molecule has 0 spiro atoms. The van der Waals surface area contributed by atoms with E-state index in [1.54, 1.807) is 12.1 Å². The van der Waals surface area contributed by atoms with Crippen molar-refractivity contribution in [3.05, 3.63) is 52.6 Å². The van der Waals surface area contributed by atoms with Crippen molar-refractivity contribution < 1.29 is 4.39 Å². The second-order valence-corrected chi connectivity index (χ2v) is 5.42. The second kappa shape index (κ2) is 5.66. The summed E-state index contributed by atoms with van der Waals surface area (Å²) in [6.45, 7) is 0.619. The fourth-order valence-corrected chi connectivity index (χ4v) is 2.93. The monoisotopic (exact) mass is 284 g/mol. The zero-order chi connectivity index (χ0) is 14.8. The number of hydrogen-bond acceptors (Lipinski definition) is 3. The van der Waals surface area contributed by atoms with Gasteiger partial charge < -0.3 is 5.32 Å². The average Bonchev–Trinajstić information content (AvgIpc) is 2.89. The molecule has 1 atom stereocenters. The van der Waals surface area contributed by atoms with Crippen LogP contribution >= 0.6 is 0 Å². The molecule has 1 heterocycles. The standard InChI is InChI=1S/C16H17FN4/c1-21-16-4-2-3-15(13(16)10-20-21)19-9-11-5-6-14(17)12(7-11)8-18/h5-7,10,15,19H,2-4,9H2,1H3. The lowest BCUT2D eigenvalue weighted by Crippen LogP contribution is -2.25. The first-order valence-corrected chi connectivity index (χ1v) is 7.11. The van der Waals surface area contributed by atoms with E-state index < -0.39 is 5.82 Å². The van der Waals surface area contributed by atoms with Crippen molar-refractivity contribution in [1.29, 1.82) is 5.26 Å². The average molecular weight is 284 g/mol. The van der Waals surface area contributed by atoms with Crippen molar-refractivity contribution in [2.45, 2.75) is 31.8 Å². The highest BCUT2D eigenvalue weighted by atomic mass is 19.1. The zero-order valence-corrected chi connectivity index (χ0v) is 11.9. The molecule has 0 saturated heterocycles. The molecule has 0 saturated carbocycles. The van der Waals surface area contributed by atoms with Crippen molar-refractivity contribution in [3.63, 3.8) is 0 Å². The maximum atomic E-state index is 13.3. The van der Waals surface area contributed by atoms with Gasteiger partial charge in [-0.3, -0.25) is 4.68 Å². The molecule has 0 amide bonds. The fourth-order valence-electron chi connectivity index (χ4n) is 2.93. The van der Waals surface area contributed by atoms with Crippen LogP contribution in [0.25, 0.3) is 0 Å². The van der Waals surface area contributed by atoms with Crippen molar-refractivity contribution in [2.24, 2.45) is 7.05 Å². The molecule has 21 heavy (non-hydrogen) atoms. The van der Waals surface area contributed by atoms with Crippen LogP contribution in [-0.4, -0.2) is 9.78 Å². The van der Waals surface area contributed by atoms with E-state index in [4.69, 9.17) is 5.26 Å².